The Bertz CT molecular complexity index is 947. The third-order valence-electron chi connectivity index (χ3n) is 5.39. The van der Waals surface area contributed by atoms with Crippen molar-refractivity contribution in [2.24, 2.45) is 5.92 Å². The highest BCUT2D eigenvalue weighted by Gasteiger charge is 2.44. The van der Waals surface area contributed by atoms with Crippen LogP contribution >= 0.6 is 0 Å². The topological polar surface area (TPSA) is 52.7 Å². The Kier molecular flexibility index (Phi) is 4.94. The number of benzene rings is 1. The summed E-state index contributed by atoms with van der Waals surface area (Å²) in [5, 5.41) is 2.18. The number of amides is 1. The Balaban J connectivity index is 1.63. The van der Waals surface area contributed by atoms with Crippen molar-refractivity contribution in [2.75, 3.05) is 11.9 Å². The molecule has 0 radical (unpaired) electrons. The molecule has 29 heavy (non-hydrogen) atoms. The zero-order valence-electron chi connectivity index (χ0n) is 15.8. The van der Waals surface area contributed by atoms with Crippen LogP contribution in [0.4, 0.5) is 18.9 Å². The van der Waals surface area contributed by atoms with Crippen LogP contribution in [0.25, 0.3) is 0 Å². The number of nitrogens with zero attached hydrogens (tertiary/aromatic N) is 2. The van der Waals surface area contributed by atoms with E-state index in [-0.39, 0.29) is 24.4 Å². The number of carbonyl (C=O) groups excluding carboxylic acids is 2. The minimum absolute atomic E-state index is 0.00417. The number of ketones is 1. The van der Waals surface area contributed by atoms with Gasteiger partial charge in [-0.15, -0.1) is 0 Å². The number of hydrogen-bond donors (Lipinski definition) is 1. The zero-order valence-corrected chi connectivity index (χ0v) is 15.8. The van der Waals surface area contributed by atoms with Gasteiger partial charge in [0.2, 0.25) is 5.91 Å². The molecule has 1 N–H and O–H groups in total. The molecule has 0 fully saturated rings. The molecule has 0 aromatic heterocycles. The fraction of sp³-hybridized carbons (Fsp3) is 0.333. The van der Waals surface area contributed by atoms with Gasteiger partial charge in [-0.2, -0.15) is 0 Å². The minimum atomic E-state index is -1.19. The van der Waals surface area contributed by atoms with Crippen LogP contribution < -0.4 is 5.32 Å². The van der Waals surface area contributed by atoms with E-state index in [4.69, 9.17) is 0 Å². The predicted octanol–water partition coefficient (Wildman–Crippen LogP) is 3.67. The second-order valence-electron chi connectivity index (χ2n) is 7.40. The summed E-state index contributed by atoms with van der Waals surface area (Å²) in [5.41, 5.74) is 0.651. The largest absolute Gasteiger partial charge is 0.337 e. The monoisotopic (exact) mass is 403 g/mol. The molecule has 0 saturated carbocycles. The highest BCUT2D eigenvalue weighted by molar-refractivity contribution is 5.99. The Morgan fingerprint density at radius 2 is 1.90 bits per heavy atom. The van der Waals surface area contributed by atoms with E-state index < -0.39 is 29.0 Å². The number of Topliss-reactive ketones (excluding diaryl/α,β-unsaturated/α-hetero) is 1. The molecule has 1 aromatic carbocycles. The molecule has 2 heterocycles. The van der Waals surface area contributed by atoms with Crippen LogP contribution in [0.15, 0.2) is 48.0 Å². The van der Waals surface area contributed by atoms with E-state index >= 15 is 0 Å². The van der Waals surface area contributed by atoms with Gasteiger partial charge in [-0.05, 0) is 18.9 Å². The van der Waals surface area contributed by atoms with Gasteiger partial charge in [-0.1, -0.05) is 19.1 Å². The quantitative estimate of drug-likeness (QED) is 0.837. The molecule has 4 rings (SSSR count). The standard InChI is InChI=1S/C21H20F3N3O2/c1-12-5-2-3-8-26-16-6-4-7-17(28)20(16)27(21(12)26)11-18(29)25-19-14(23)9-13(22)10-15(19)24/h2-3,5,8-10,12,21H,4,6-7,11H2,1H3,(H,25,29). The molecular weight excluding hydrogens is 383 g/mol. The van der Waals surface area contributed by atoms with E-state index in [2.05, 4.69) is 5.32 Å². The van der Waals surface area contributed by atoms with Crippen molar-refractivity contribution in [1.29, 1.82) is 0 Å². The number of hydrogen-bond acceptors (Lipinski definition) is 4. The number of allylic oxidation sites excluding steroid dienone is 4. The lowest BCUT2D eigenvalue weighted by Crippen LogP contribution is -2.46. The van der Waals surface area contributed by atoms with Crippen LogP contribution in [0, 0.1) is 23.4 Å². The molecular formula is C21H20F3N3O2. The van der Waals surface area contributed by atoms with Gasteiger partial charge in [-0.3, -0.25) is 9.59 Å². The normalized spacial score (nSPS) is 23.2. The summed E-state index contributed by atoms with van der Waals surface area (Å²) >= 11 is 0. The molecule has 8 heteroatoms. The molecule has 152 valence electrons. The van der Waals surface area contributed by atoms with E-state index in [1.807, 2.05) is 36.3 Å². The van der Waals surface area contributed by atoms with Gasteiger partial charge < -0.3 is 15.1 Å². The molecule has 1 amide bonds. The summed E-state index contributed by atoms with van der Waals surface area (Å²) in [4.78, 5) is 29.0. The van der Waals surface area contributed by atoms with Gasteiger partial charge >= 0.3 is 0 Å². The van der Waals surface area contributed by atoms with Crippen molar-refractivity contribution < 1.29 is 22.8 Å². The lowest BCUT2D eigenvalue weighted by Gasteiger charge is -2.34. The summed E-state index contributed by atoms with van der Waals surface area (Å²) in [6.07, 6.45) is 9.22. The van der Waals surface area contributed by atoms with E-state index in [0.717, 1.165) is 12.1 Å². The third-order valence-corrected chi connectivity index (χ3v) is 5.39. The average Bonchev–Trinajstić information content (AvgIpc) is 2.82. The summed E-state index contributed by atoms with van der Waals surface area (Å²) < 4.78 is 40.9. The van der Waals surface area contributed by atoms with Crippen molar-refractivity contribution in [2.45, 2.75) is 32.4 Å². The van der Waals surface area contributed by atoms with Crippen molar-refractivity contribution in [3.8, 4) is 0 Å². The van der Waals surface area contributed by atoms with Crippen molar-refractivity contribution in [3.05, 3.63) is 65.4 Å². The van der Waals surface area contributed by atoms with E-state index in [0.29, 0.717) is 30.7 Å². The van der Waals surface area contributed by atoms with Gasteiger partial charge in [0, 0.05) is 36.4 Å². The van der Waals surface area contributed by atoms with Crippen LogP contribution in [0.2, 0.25) is 0 Å². The van der Waals surface area contributed by atoms with Crippen LogP contribution in [0.1, 0.15) is 26.2 Å². The first-order valence-corrected chi connectivity index (χ1v) is 9.47. The fourth-order valence-electron chi connectivity index (χ4n) is 4.20. The number of carbonyl (C=O) groups is 2. The molecule has 0 spiro atoms. The lowest BCUT2D eigenvalue weighted by atomic mass is 10.00. The number of halogens is 3. The van der Waals surface area contributed by atoms with Crippen molar-refractivity contribution in [1.82, 2.24) is 9.80 Å². The fourth-order valence-corrected chi connectivity index (χ4v) is 4.20. The van der Waals surface area contributed by atoms with E-state index in [9.17, 15) is 22.8 Å². The molecule has 5 nitrogen and oxygen atoms in total. The summed E-state index contributed by atoms with van der Waals surface area (Å²) in [6.45, 7) is 1.72. The third kappa shape index (κ3) is 3.43. The maximum Gasteiger partial charge on any atom is 0.244 e. The first kappa shape index (κ1) is 19.3. The highest BCUT2D eigenvalue weighted by atomic mass is 19.1. The Hall–Kier alpha value is -3.03. The van der Waals surface area contributed by atoms with E-state index in [1.54, 1.807) is 4.90 Å². The Labute approximate surface area is 166 Å². The summed E-state index contributed by atoms with van der Waals surface area (Å²) in [7, 11) is 0. The molecule has 1 aromatic rings. The molecule has 0 saturated heterocycles. The number of anilines is 1. The second kappa shape index (κ2) is 7.42. The van der Waals surface area contributed by atoms with Crippen LogP contribution in [0.3, 0.4) is 0 Å². The molecule has 0 bridgehead atoms. The van der Waals surface area contributed by atoms with Gasteiger partial charge in [0.05, 0.1) is 6.54 Å². The predicted molar refractivity (Wildman–Crippen MR) is 101 cm³/mol. The molecule has 2 aliphatic heterocycles. The highest BCUT2D eigenvalue weighted by Crippen LogP contribution is 2.40. The minimum Gasteiger partial charge on any atom is -0.337 e. The van der Waals surface area contributed by atoms with Crippen LogP contribution in [-0.2, 0) is 9.59 Å². The van der Waals surface area contributed by atoms with Crippen LogP contribution in [0.5, 0.6) is 0 Å². The summed E-state index contributed by atoms with van der Waals surface area (Å²) in [5.74, 6) is -4.19. The van der Waals surface area contributed by atoms with E-state index in [1.165, 1.54) is 0 Å². The molecule has 2 unspecified atom stereocenters. The molecule has 2 atom stereocenters. The maximum absolute atomic E-state index is 13.9. The average molecular weight is 403 g/mol. The molecule has 3 aliphatic rings. The van der Waals surface area contributed by atoms with Gasteiger partial charge in [-0.25, -0.2) is 13.2 Å². The second-order valence-corrected chi connectivity index (χ2v) is 7.40. The van der Waals surface area contributed by atoms with Gasteiger partial charge in [0.15, 0.2) is 17.4 Å². The maximum atomic E-state index is 13.9. The Morgan fingerprint density at radius 1 is 1.17 bits per heavy atom. The first-order valence-electron chi connectivity index (χ1n) is 9.47. The van der Waals surface area contributed by atoms with Crippen molar-refractivity contribution in [3.63, 3.8) is 0 Å². The smallest absolute Gasteiger partial charge is 0.244 e. The van der Waals surface area contributed by atoms with Gasteiger partial charge in [0.25, 0.3) is 0 Å². The summed E-state index contributed by atoms with van der Waals surface area (Å²) in [6, 6.07) is 1.01. The zero-order chi connectivity index (χ0) is 20.7. The van der Waals surface area contributed by atoms with Gasteiger partial charge in [0.1, 0.15) is 23.4 Å². The SMILES string of the molecule is CC1C=CC=CN2C3=C(C(=O)CCC3)N(CC(=O)Nc3c(F)cc(F)cc3F)C12. The first-order chi connectivity index (χ1) is 13.9. The molecule has 1 aliphatic carbocycles. The number of fused-ring (bicyclic) bond motifs is 2. The Morgan fingerprint density at radius 3 is 2.62 bits per heavy atom. The van der Waals surface area contributed by atoms with Crippen molar-refractivity contribution >= 4 is 17.4 Å². The number of nitrogens with one attached hydrogen (secondary N) is 1. The lowest BCUT2D eigenvalue weighted by molar-refractivity contribution is -0.120. The van der Waals surface area contributed by atoms with Crippen LogP contribution in [-0.4, -0.2) is 34.2 Å². The number of rotatable bonds is 3.